The highest BCUT2D eigenvalue weighted by atomic mass is 19.1. The first-order chi connectivity index (χ1) is 10.8. The number of hydrogen-bond donors (Lipinski definition) is 0. The molecule has 0 spiro atoms. The smallest absolute Gasteiger partial charge is 0.137 e. The maximum absolute atomic E-state index is 13.2. The van der Waals surface area contributed by atoms with Gasteiger partial charge in [0.15, 0.2) is 0 Å². The van der Waals surface area contributed by atoms with Gasteiger partial charge in [-0.1, -0.05) is 11.3 Å². The summed E-state index contributed by atoms with van der Waals surface area (Å²) in [7, 11) is 0. The molecule has 3 heterocycles. The van der Waals surface area contributed by atoms with E-state index in [0.29, 0.717) is 6.54 Å². The summed E-state index contributed by atoms with van der Waals surface area (Å²) in [6, 6.07) is 12.2. The van der Waals surface area contributed by atoms with Crippen LogP contribution in [0.3, 0.4) is 0 Å². The molecule has 0 saturated carbocycles. The number of fused-ring (bicyclic) bond motifs is 1. The molecule has 0 aliphatic rings. The molecule has 0 saturated heterocycles. The van der Waals surface area contributed by atoms with Crippen LogP contribution in [-0.2, 0) is 6.54 Å². The van der Waals surface area contributed by atoms with Crippen molar-refractivity contribution in [2.24, 2.45) is 0 Å². The zero-order valence-electron chi connectivity index (χ0n) is 11.6. The lowest BCUT2D eigenvalue weighted by atomic mass is 10.1. The molecule has 0 aliphatic carbocycles. The highest BCUT2D eigenvalue weighted by molar-refractivity contribution is 5.66. The summed E-state index contributed by atoms with van der Waals surface area (Å²) < 4.78 is 16.9. The molecule has 3 aromatic heterocycles. The van der Waals surface area contributed by atoms with E-state index < -0.39 is 0 Å². The van der Waals surface area contributed by atoms with Gasteiger partial charge in [-0.2, -0.15) is 0 Å². The van der Waals surface area contributed by atoms with Crippen molar-refractivity contribution < 1.29 is 4.39 Å². The predicted octanol–water partition coefficient (Wildman–Crippen LogP) is 2.78. The standard InChI is InChI=1S/C16H12FN5/c17-13-6-4-12(5-7-13)16-14(11-21-10-8-18-20-21)22-9-2-1-3-15(22)19-16/h1-10H,11H2. The van der Waals surface area contributed by atoms with Crippen LogP contribution in [0.5, 0.6) is 0 Å². The van der Waals surface area contributed by atoms with Gasteiger partial charge in [0.1, 0.15) is 11.5 Å². The Morgan fingerprint density at radius 3 is 2.64 bits per heavy atom. The molecule has 0 aliphatic heterocycles. The third-order valence-electron chi connectivity index (χ3n) is 3.53. The van der Waals surface area contributed by atoms with E-state index in [1.54, 1.807) is 29.2 Å². The minimum atomic E-state index is -0.259. The number of rotatable bonds is 3. The third-order valence-corrected chi connectivity index (χ3v) is 3.53. The molecule has 108 valence electrons. The molecule has 0 N–H and O–H groups in total. The Morgan fingerprint density at radius 1 is 1.00 bits per heavy atom. The van der Waals surface area contributed by atoms with Crippen LogP contribution in [0, 0.1) is 5.82 Å². The minimum Gasteiger partial charge on any atom is -0.302 e. The summed E-state index contributed by atoms with van der Waals surface area (Å²) in [4.78, 5) is 4.67. The average molecular weight is 293 g/mol. The van der Waals surface area contributed by atoms with Crippen LogP contribution in [-0.4, -0.2) is 24.4 Å². The van der Waals surface area contributed by atoms with E-state index in [9.17, 15) is 4.39 Å². The van der Waals surface area contributed by atoms with E-state index in [4.69, 9.17) is 0 Å². The SMILES string of the molecule is Fc1ccc(-c2nc3ccccn3c2Cn2ccnn2)cc1. The van der Waals surface area contributed by atoms with Crippen LogP contribution in [0.2, 0.25) is 0 Å². The van der Waals surface area contributed by atoms with Gasteiger partial charge in [-0.05, 0) is 36.4 Å². The minimum absolute atomic E-state index is 0.259. The monoisotopic (exact) mass is 293 g/mol. The molecule has 0 unspecified atom stereocenters. The van der Waals surface area contributed by atoms with Crippen molar-refractivity contribution in [3.8, 4) is 11.3 Å². The molecule has 5 nitrogen and oxygen atoms in total. The van der Waals surface area contributed by atoms with Gasteiger partial charge in [-0.15, -0.1) is 5.10 Å². The fourth-order valence-corrected chi connectivity index (χ4v) is 2.51. The van der Waals surface area contributed by atoms with Crippen LogP contribution in [0.1, 0.15) is 5.69 Å². The number of benzene rings is 1. The fourth-order valence-electron chi connectivity index (χ4n) is 2.51. The maximum Gasteiger partial charge on any atom is 0.137 e. The van der Waals surface area contributed by atoms with Gasteiger partial charge in [0, 0.05) is 18.0 Å². The summed E-state index contributed by atoms with van der Waals surface area (Å²) in [6.45, 7) is 0.540. The van der Waals surface area contributed by atoms with Crippen molar-refractivity contribution in [3.63, 3.8) is 0 Å². The molecule has 22 heavy (non-hydrogen) atoms. The van der Waals surface area contributed by atoms with Crippen LogP contribution < -0.4 is 0 Å². The summed E-state index contributed by atoms with van der Waals surface area (Å²) in [5.74, 6) is -0.259. The second kappa shape index (κ2) is 5.07. The van der Waals surface area contributed by atoms with Crippen molar-refractivity contribution in [1.29, 1.82) is 0 Å². The first-order valence-electron chi connectivity index (χ1n) is 6.87. The zero-order chi connectivity index (χ0) is 14.9. The lowest BCUT2D eigenvalue weighted by molar-refractivity contribution is 0.627. The number of hydrogen-bond acceptors (Lipinski definition) is 3. The van der Waals surface area contributed by atoms with E-state index in [2.05, 4.69) is 15.3 Å². The first-order valence-corrected chi connectivity index (χ1v) is 6.87. The molecule has 6 heteroatoms. The van der Waals surface area contributed by atoms with Gasteiger partial charge < -0.3 is 4.40 Å². The Bertz CT molecular complexity index is 910. The number of halogens is 1. The molecule has 0 bridgehead atoms. The highest BCUT2D eigenvalue weighted by Crippen LogP contribution is 2.25. The Kier molecular flexibility index (Phi) is 2.93. The van der Waals surface area contributed by atoms with Gasteiger partial charge >= 0.3 is 0 Å². The molecule has 0 fully saturated rings. The van der Waals surface area contributed by atoms with E-state index in [1.165, 1.54) is 12.1 Å². The van der Waals surface area contributed by atoms with E-state index in [-0.39, 0.29) is 5.82 Å². The Labute approximate surface area is 125 Å². The quantitative estimate of drug-likeness (QED) is 0.583. The summed E-state index contributed by atoms with van der Waals surface area (Å²) >= 11 is 0. The van der Waals surface area contributed by atoms with Crippen LogP contribution in [0.15, 0.2) is 61.1 Å². The fraction of sp³-hybridized carbons (Fsp3) is 0.0625. The van der Waals surface area contributed by atoms with Crippen molar-refractivity contribution >= 4 is 5.65 Å². The molecule has 0 atom stereocenters. The van der Waals surface area contributed by atoms with Crippen molar-refractivity contribution in [2.75, 3.05) is 0 Å². The van der Waals surface area contributed by atoms with E-state index in [0.717, 1.165) is 22.6 Å². The largest absolute Gasteiger partial charge is 0.302 e. The second-order valence-electron chi connectivity index (χ2n) is 4.94. The number of nitrogens with zero attached hydrogens (tertiary/aromatic N) is 5. The van der Waals surface area contributed by atoms with Crippen LogP contribution in [0.4, 0.5) is 4.39 Å². The topological polar surface area (TPSA) is 48.0 Å². The van der Waals surface area contributed by atoms with E-state index >= 15 is 0 Å². The van der Waals surface area contributed by atoms with Crippen LogP contribution in [0.25, 0.3) is 16.9 Å². The molecule has 4 rings (SSSR count). The number of pyridine rings is 1. The van der Waals surface area contributed by atoms with Crippen LogP contribution >= 0.6 is 0 Å². The molecular weight excluding hydrogens is 281 g/mol. The Balaban J connectivity index is 1.91. The van der Waals surface area contributed by atoms with Gasteiger partial charge in [0.25, 0.3) is 0 Å². The summed E-state index contributed by atoms with van der Waals surface area (Å²) in [5, 5.41) is 7.84. The van der Waals surface area contributed by atoms with Gasteiger partial charge in [-0.3, -0.25) is 0 Å². The number of aromatic nitrogens is 5. The highest BCUT2D eigenvalue weighted by Gasteiger charge is 2.14. The molecular formula is C16H12FN5. The lowest BCUT2D eigenvalue weighted by Crippen LogP contribution is -2.05. The summed E-state index contributed by atoms with van der Waals surface area (Å²) in [5.41, 5.74) is 3.52. The zero-order valence-corrected chi connectivity index (χ0v) is 11.6. The van der Waals surface area contributed by atoms with E-state index in [1.807, 2.05) is 28.8 Å². The van der Waals surface area contributed by atoms with Gasteiger partial charge in [0.05, 0.1) is 24.1 Å². The van der Waals surface area contributed by atoms with Gasteiger partial charge in [0.2, 0.25) is 0 Å². The normalized spacial score (nSPS) is 11.1. The van der Waals surface area contributed by atoms with Crippen molar-refractivity contribution in [1.82, 2.24) is 24.4 Å². The number of imidazole rings is 1. The van der Waals surface area contributed by atoms with Gasteiger partial charge in [-0.25, -0.2) is 14.1 Å². The molecule has 0 amide bonds. The third kappa shape index (κ3) is 2.14. The molecule has 4 aromatic rings. The lowest BCUT2D eigenvalue weighted by Gasteiger charge is -2.05. The van der Waals surface area contributed by atoms with Crippen molar-refractivity contribution in [3.05, 3.63) is 72.6 Å². The first kappa shape index (κ1) is 12.7. The second-order valence-corrected chi connectivity index (χ2v) is 4.94. The molecule has 0 radical (unpaired) electrons. The Hall–Kier alpha value is -3.02. The Morgan fingerprint density at radius 2 is 1.86 bits per heavy atom. The summed E-state index contributed by atoms with van der Waals surface area (Å²) in [6.07, 6.45) is 5.40. The average Bonchev–Trinajstić information content (AvgIpc) is 3.17. The van der Waals surface area contributed by atoms with Crippen molar-refractivity contribution in [2.45, 2.75) is 6.54 Å². The molecule has 1 aromatic carbocycles. The maximum atomic E-state index is 13.2. The predicted molar refractivity (Wildman–Crippen MR) is 79.7 cm³/mol.